The molecule has 178 valence electrons. The van der Waals surface area contributed by atoms with E-state index in [0.29, 0.717) is 52.3 Å². The van der Waals surface area contributed by atoms with Crippen molar-refractivity contribution in [3.05, 3.63) is 94.0 Å². The monoisotopic (exact) mass is 490 g/mol. The Hall–Kier alpha value is -4.10. The first kappa shape index (κ1) is 24.0. The van der Waals surface area contributed by atoms with E-state index in [0.717, 1.165) is 5.56 Å². The van der Waals surface area contributed by atoms with E-state index in [1.165, 1.54) is 17.1 Å². The number of ether oxygens (including phenoxy) is 2. The number of hydrazone groups is 1. The van der Waals surface area contributed by atoms with Gasteiger partial charge in [0.25, 0.3) is 5.91 Å². The topological polar surface area (TPSA) is 88.4 Å². The number of carboxylic acids is 1. The molecule has 0 fully saturated rings. The molecule has 4 rings (SSSR count). The molecule has 0 spiro atoms. The molecule has 0 aliphatic carbocycles. The second-order valence-corrected chi connectivity index (χ2v) is 8.16. The first-order valence-corrected chi connectivity index (χ1v) is 11.3. The second kappa shape index (κ2) is 10.4. The normalized spacial score (nSPS) is 14.3. The van der Waals surface area contributed by atoms with E-state index in [1.54, 1.807) is 37.3 Å². The molecule has 1 amide bonds. The highest BCUT2D eigenvalue weighted by Gasteiger charge is 2.29. The molecule has 3 aromatic carbocycles. The van der Waals surface area contributed by atoms with Gasteiger partial charge in [-0.1, -0.05) is 48.0 Å². The molecule has 0 unspecified atom stereocenters. The number of carboxylic acid groups (broad SMARTS) is 1. The smallest absolute Gasteiger partial charge is 0.335 e. The number of aromatic carboxylic acids is 1. The van der Waals surface area contributed by atoms with E-state index in [2.05, 4.69) is 5.10 Å². The number of hydrogen-bond acceptors (Lipinski definition) is 5. The molecule has 1 N–H and O–H groups in total. The summed E-state index contributed by atoms with van der Waals surface area (Å²) in [7, 11) is 0. The van der Waals surface area contributed by atoms with E-state index in [-0.39, 0.29) is 11.5 Å². The quantitative estimate of drug-likeness (QED) is 0.402. The van der Waals surface area contributed by atoms with Crippen LogP contribution in [-0.2, 0) is 11.4 Å². The van der Waals surface area contributed by atoms with Crippen molar-refractivity contribution in [2.24, 2.45) is 5.10 Å². The van der Waals surface area contributed by atoms with Gasteiger partial charge in [-0.25, -0.2) is 4.79 Å². The summed E-state index contributed by atoms with van der Waals surface area (Å²) in [6.45, 7) is 4.31. The van der Waals surface area contributed by atoms with E-state index >= 15 is 0 Å². The van der Waals surface area contributed by atoms with Crippen molar-refractivity contribution in [1.29, 1.82) is 0 Å². The molecule has 0 saturated heterocycles. The Morgan fingerprint density at radius 2 is 1.86 bits per heavy atom. The average molecular weight is 491 g/mol. The van der Waals surface area contributed by atoms with E-state index in [9.17, 15) is 14.7 Å². The number of halogens is 1. The first-order valence-electron chi connectivity index (χ1n) is 11.0. The number of benzene rings is 3. The Labute approximate surface area is 207 Å². The molecule has 0 radical (unpaired) electrons. The Kier molecular flexibility index (Phi) is 7.17. The van der Waals surface area contributed by atoms with Crippen molar-refractivity contribution in [3.8, 4) is 11.5 Å². The van der Waals surface area contributed by atoms with Gasteiger partial charge in [0.05, 0.1) is 34.2 Å². The van der Waals surface area contributed by atoms with Crippen LogP contribution in [0.15, 0.2) is 77.4 Å². The number of amides is 1. The van der Waals surface area contributed by atoms with Gasteiger partial charge in [-0.15, -0.1) is 0 Å². The van der Waals surface area contributed by atoms with Crippen LogP contribution in [0.1, 0.15) is 35.3 Å². The van der Waals surface area contributed by atoms with Crippen molar-refractivity contribution in [1.82, 2.24) is 0 Å². The number of hydrogen-bond donors (Lipinski definition) is 1. The molecular formula is C27H23ClN2O5. The average Bonchev–Trinajstić information content (AvgIpc) is 3.13. The standard InChI is InChI=1S/C27H23ClN2O5/c1-3-34-24-14-19(13-23(28)25(24)35-16-18-8-5-4-6-9-18)12-22-17(2)29-30(26(22)31)21-11-7-10-20(15-21)27(32)33/h4-15H,3,16H2,1-2H3,(H,32,33). The van der Waals surface area contributed by atoms with Crippen molar-refractivity contribution >= 4 is 41.0 Å². The Balaban J connectivity index is 1.62. The highest BCUT2D eigenvalue weighted by atomic mass is 35.5. The van der Waals surface area contributed by atoms with E-state index in [4.69, 9.17) is 21.1 Å². The van der Waals surface area contributed by atoms with Gasteiger partial charge in [0.2, 0.25) is 0 Å². The lowest BCUT2D eigenvalue weighted by Gasteiger charge is -2.15. The van der Waals surface area contributed by atoms with Gasteiger partial charge in [0.1, 0.15) is 6.61 Å². The predicted molar refractivity (Wildman–Crippen MR) is 135 cm³/mol. The summed E-state index contributed by atoms with van der Waals surface area (Å²) < 4.78 is 11.7. The summed E-state index contributed by atoms with van der Waals surface area (Å²) in [5, 5.41) is 15.1. The van der Waals surface area contributed by atoms with Crippen LogP contribution in [0.4, 0.5) is 5.69 Å². The SMILES string of the molecule is CCOc1cc(C=C2C(=O)N(c3cccc(C(=O)O)c3)N=C2C)cc(Cl)c1OCc1ccccc1. The van der Waals surface area contributed by atoms with E-state index < -0.39 is 5.97 Å². The molecule has 8 heteroatoms. The minimum Gasteiger partial charge on any atom is -0.490 e. The van der Waals surface area contributed by atoms with Crippen LogP contribution in [0.2, 0.25) is 5.02 Å². The van der Waals surface area contributed by atoms with Gasteiger partial charge in [0, 0.05) is 0 Å². The third-order valence-corrected chi connectivity index (χ3v) is 5.55. The van der Waals surface area contributed by atoms with Gasteiger partial charge in [-0.2, -0.15) is 10.1 Å². The third-order valence-electron chi connectivity index (χ3n) is 5.27. The summed E-state index contributed by atoms with van der Waals surface area (Å²) in [5.74, 6) is -0.560. The zero-order chi connectivity index (χ0) is 24.9. The summed E-state index contributed by atoms with van der Waals surface area (Å²) in [6.07, 6.45) is 1.68. The summed E-state index contributed by atoms with van der Waals surface area (Å²) in [4.78, 5) is 24.4. The van der Waals surface area contributed by atoms with Crippen LogP contribution in [-0.4, -0.2) is 29.3 Å². The number of carbonyl (C=O) groups is 2. The molecule has 1 aliphatic heterocycles. The zero-order valence-corrected chi connectivity index (χ0v) is 20.0. The number of carbonyl (C=O) groups excluding carboxylic acids is 1. The third kappa shape index (κ3) is 5.36. The zero-order valence-electron chi connectivity index (χ0n) is 19.2. The van der Waals surface area contributed by atoms with E-state index in [1.807, 2.05) is 37.3 Å². The summed E-state index contributed by atoms with van der Waals surface area (Å²) in [6, 6.07) is 19.2. The lowest BCUT2D eigenvalue weighted by molar-refractivity contribution is -0.114. The molecule has 0 atom stereocenters. The van der Waals surface area contributed by atoms with Crippen molar-refractivity contribution in [3.63, 3.8) is 0 Å². The maximum atomic E-state index is 13.1. The molecule has 3 aromatic rings. The first-order chi connectivity index (χ1) is 16.9. The van der Waals surface area contributed by atoms with Crippen LogP contribution in [0, 0.1) is 0 Å². The fraction of sp³-hybridized carbons (Fsp3) is 0.148. The molecule has 35 heavy (non-hydrogen) atoms. The Morgan fingerprint density at radius 3 is 2.57 bits per heavy atom. The molecule has 7 nitrogen and oxygen atoms in total. The van der Waals surface area contributed by atoms with Gasteiger partial charge < -0.3 is 14.6 Å². The maximum absolute atomic E-state index is 13.1. The van der Waals surface area contributed by atoms with Gasteiger partial charge in [-0.3, -0.25) is 4.79 Å². The molecule has 0 bridgehead atoms. The molecular weight excluding hydrogens is 468 g/mol. The molecule has 1 aliphatic rings. The number of rotatable bonds is 8. The molecule has 1 heterocycles. The van der Waals surface area contributed by atoms with Crippen LogP contribution in [0.5, 0.6) is 11.5 Å². The van der Waals surface area contributed by atoms with Gasteiger partial charge in [-0.05, 0) is 61.4 Å². The van der Waals surface area contributed by atoms with Crippen LogP contribution < -0.4 is 14.5 Å². The largest absolute Gasteiger partial charge is 0.490 e. The number of nitrogens with zero attached hydrogens (tertiary/aromatic N) is 2. The Bertz CT molecular complexity index is 1330. The lowest BCUT2D eigenvalue weighted by atomic mass is 10.1. The highest BCUT2D eigenvalue weighted by Crippen LogP contribution is 2.38. The molecule has 0 aromatic heterocycles. The van der Waals surface area contributed by atoms with Crippen LogP contribution >= 0.6 is 11.6 Å². The van der Waals surface area contributed by atoms with Crippen molar-refractivity contribution in [2.45, 2.75) is 20.5 Å². The number of anilines is 1. The predicted octanol–water partition coefficient (Wildman–Crippen LogP) is 5.82. The van der Waals surface area contributed by atoms with Crippen LogP contribution in [0.25, 0.3) is 6.08 Å². The van der Waals surface area contributed by atoms with Gasteiger partial charge in [0.15, 0.2) is 11.5 Å². The fourth-order valence-corrected chi connectivity index (χ4v) is 3.87. The van der Waals surface area contributed by atoms with Gasteiger partial charge >= 0.3 is 5.97 Å². The minimum absolute atomic E-state index is 0.0693. The fourth-order valence-electron chi connectivity index (χ4n) is 3.60. The summed E-state index contributed by atoms with van der Waals surface area (Å²) >= 11 is 6.55. The second-order valence-electron chi connectivity index (χ2n) is 7.75. The Morgan fingerprint density at radius 1 is 1.09 bits per heavy atom. The molecule has 0 saturated carbocycles. The van der Waals surface area contributed by atoms with Crippen LogP contribution in [0.3, 0.4) is 0 Å². The highest BCUT2D eigenvalue weighted by molar-refractivity contribution is 6.33. The maximum Gasteiger partial charge on any atom is 0.335 e. The van der Waals surface area contributed by atoms with Crippen molar-refractivity contribution in [2.75, 3.05) is 11.6 Å². The van der Waals surface area contributed by atoms with Crippen molar-refractivity contribution < 1.29 is 24.2 Å². The summed E-state index contributed by atoms with van der Waals surface area (Å²) in [5.41, 5.74) is 2.93. The minimum atomic E-state index is -1.08. The lowest BCUT2D eigenvalue weighted by Crippen LogP contribution is -2.21.